The van der Waals surface area contributed by atoms with E-state index in [1.54, 1.807) is 20.2 Å². The number of imidazole rings is 1. The first-order valence-corrected chi connectivity index (χ1v) is 8.21. The Morgan fingerprint density at radius 1 is 1.42 bits per heavy atom. The highest BCUT2D eigenvalue weighted by Crippen LogP contribution is 2.27. The zero-order valence-corrected chi connectivity index (χ0v) is 14.7. The largest absolute Gasteiger partial charge is 0.343 e. The van der Waals surface area contributed by atoms with E-state index in [9.17, 15) is 9.18 Å². The van der Waals surface area contributed by atoms with Crippen LogP contribution in [-0.4, -0.2) is 45.9 Å². The van der Waals surface area contributed by atoms with Crippen LogP contribution in [0.15, 0.2) is 24.4 Å². The van der Waals surface area contributed by atoms with Crippen LogP contribution in [0.1, 0.15) is 34.8 Å². The van der Waals surface area contributed by atoms with E-state index in [2.05, 4.69) is 9.88 Å². The van der Waals surface area contributed by atoms with Crippen LogP contribution in [0.5, 0.6) is 0 Å². The second-order valence-corrected chi connectivity index (χ2v) is 6.68. The lowest BCUT2D eigenvalue weighted by Gasteiger charge is -2.33. The predicted molar refractivity (Wildman–Crippen MR) is 90.5 cm³/mol. The van der Waals surface area contributed by atoms with Gasteiger partial charge in [-0.05, 0) is 24.6 Å². The van der Waals surface area contributed by atoms with Gasteiger partial charge in [0.25, 0.3) is 5.91 Å². The SMILES string of the molecule is CC1c2nc(C(=O)N(C)C)cn2CCN1Cc1ccc(Cl)c(F)c1. The van der Waals surface area contributed by atoms with Gasteiger partial charge in [-0.1, -0.05) is 17.7 Å². The molecule has 0 bridgehead atoms. The fourth-order valence-corrected chi connectivity index (χ4v) is 3.07. The van der Waals surface area contributed by atoms with Gasteiger partial charge in [-0.25, -0.2) is 9.37 Å². The number of amides is 1. The summed E-state index contributed by atoms with van der Waals surface area (Å²) >= 11 is 5.74. The molecule has 1 aromatic heterocycles. The van der Waals surface area contributed by atoms with Crippen LogP contribution < -0.4 is 0 Å². The van der Waals surface area contributed by atoms with Crippen LogP contribution in [-0.2, 0) is 13.1 Å². The molecule has 1 atom stereocenters. The van der Waals surface area contributed by atoms with Crippen LogP contribution in [0.4, 0.5) is 4.39 Å². The molecule has 0 saturated heterocycles. The highest BCUT2D eigenvalue weighted by atomic mass is 35.5. The first-order valence-electron chi connectivity index (χ1n) is 7.83. The number of fused-ring (bicyclic) bond motifs is 1. The van der Waals surface area contributed by atoms with Gasteiger partial charge in [-0.2, -0.15) is 0 Å². The van der Waals surface area contributed by atoms with Gasteiger partial charge in [0.2, 0.25) is 0 Å². The molecule has 2 aromatic rings. The van der Waals surface area contributed by atoms with Gasteiger partial charge in [0.1, 0.15) is 17.3 Å². The Balaban J connectivity index is 1.80. The van der Waals surface area contributed by atoms with Crippen LogP contribution in [0.2, 0.25) is 5.02 Å². The fourth-order valence-electron chi connectivity index (χ4n) is 2.96. The van der Waals surface area contributed by atoms with Crippen molar-refractivity contribution >= 4 is 17.5 Å². The Kier molecular flexibility index (Phi) is 4.60. The van der Waals surface area contributed by atoms with Crippen molar-refractivity contribution in [3.8, 4) is 0 Å². The molecule has 2 heterocycles. The van der Waals surface area contributed by atoms with Crippen molar-refractivity contribution in [3.63, 3.8) is 0 Å². The molecule has 0 radical (unpaired) electrons. The highest BCUT2D eigenvalue weighted by molar-refractivity contribution is 6.30. The third-order valence-electron chi connectivity index (χ3n) is 4.35. The quantitative estimate of drug-likeness (QED) is 0.854. The van der Waals surface area contributed by atoms with Crippen molar-refractivity contribution in [1.82, 2.24) is 19.4 Å². The van der Waals surface area contributed by atoms with E-state index in [1.165, 1.54) is 11.0 Å². The minimum absolute atomic E-state index is 0.0428. The Bertz CT molecular complexity index is 774. The highest BCUT2D eigenvalue weighted by Gasteiger charge is 2.28. The van der Waals surface area contributed by atoms with Crippen LogP contribution in [0, 0.1) is 5.82 Å². The number of benzene rings is 1. The van der Waals surface area contributed by atoms with E-state index in [0.29, 0.717) is 12.2 Å². The number of hydrogen-bond acceptors (Lipinski definition) is 3. The molecule has 3 rings (SSSR count). The maximum atomic E-state index is 13.6. The second-order valence-electron chi connectivity index (χ2n) is 6.27. The molecule has 1 unspecified atom stereocenters. The number of nitrogens with zero attached hydrogens (tertiary/aromatic N) is 4. The number of aromatic nitrogens is 2. The normalized spacial score (nSPS) is 17.6. The molecule has 1 aromatic carbocycles. The maximum Gasteiger partial charge on any atom is 0.273 e. The average Bonchev–Trinajstić information content (AvgIpc) is 2.97. The van der Waals surface area contributed by atoms with Gasteiger partial charge in [0.05, 0.1) is 11.1 Å². The summed E-state index contributed by atoms with van der Waals surface area (Å²) in [6.07, 6.45) is 1.81. The molecular weight excluding hydrogens is 331 g/mol. The summed E-state index contributed by atoms with van der Waals surface area (Å²) < 4.78 is 15.7. The third kappa shape index (κ3) is 3.16. The molecule has 128 valence electrons. The molecule has 0 aliphatic carbocycles. The lowest BCUT2D eigenvalue weighted by Crippen LogP contribution is -2.36. The van der Waals surface area contributed by atoms with Gasteiger partial charge in [-0.15, -0.1) is 0 Å². The van der Waals surface area contributed by atoms with E-state index in [4.69, 9.17) is 11.6 Å². The molecule has 5 nitrogen and oxygen atoms in total. The predicted octanol–water partition coefficient (Wildman–Crippen LogP) is 2.95. The summed E-state index contributed by atoms with van der Waals surface area (Å²) in [5.74, 6) is 0.357. The van der Waals surface area contributed by atoms with Crippen LogP contribution in [0.25, 0.3) is 0 Å². The molecular formula is C17H20ClFN4O. The van der Waals surface area contributed by atoms with Gasteiger partial charge in [-0.3, -0.25) is 9.69 Å². The van der Waals surface area contributed by atoms with Crippen LogP contribution in [0.3, 0.4) is 0 Å². The Morgan fingerprint density at radius 2 is 2.17 bits per heavy atom. The molecule has 7 heteroatoms. The van der Waals surface area contributed by atoms with E-state index in [-0.39, 0.29) is 17.0 Å². The molecule has 0 spiro atoms. The van der Waals surface area contributed by atoms with Crippen molar-refractivity contribution in [2.24, 2.45) is 0 Å². The minimum Gasteiger partial charge on any atom is -0.343 e. The first-order chi connectivity index (χ1) is 11.4. The third-order valence-corrected chi connectivity index (χ3v) is 4.66. The second kappa shape index (κ2) is 6.53. The Morgan fingerprint density at radius 3 is 2.83 bits per heavy atom. The molecule has 1 aliphatic rings. The number of halogens is 2. The Labute approximate surface area is 145 Å². The van der Waals surface area contributed by atoms with Crippen molar-refractivity contribution in [2.45, 2.75) is 26.1 Å². The lowest BCUT2D eigenvalue weighted by molar-refractivity contribution is 0.0822. The summed E-state index contributed by atoms with van der Waals surface area (Å²) in [5.41, 5.74) is 1.33. The van der Waals surface area contributed by atoms with Gasteiger partial charge in [0.15, 0.2) is 0 Å². The average molecular weight is 351 g/mol. The maximum absolute atomic E-state index is 13.6. The summed E-state index contributed by atoms with van der Waals surface area (Å²) in [5, 5.41) is 0.132. The van der Waals surface area contributed by atoms with E-state index in [0.717, 1.165) is 24.5 Å². The van der Waals surface area contributed by atoms with Crippen molar-refractivity contribution in [1.29, 1.82) is 0 Å². The van der Waals surface area contributed by atoms with Gasteiger partial charge in [0, 0.05) is 39.9 Å². The zero-order valence-electron chi connectivity index (χ0n) is 14.0. The number of rotatable bonds is 3. The molecule has 24 heavy (non-hydrogen) atoms. The van der Waals surface area contributed by atoms with Crippen molar-refractivity contribution in [2.75, 3.05) is 20.6 Å². The van der Waals surface area contributed by atoms with Crippen LogP contribution >= 0.6 is 11.6 Å². The van der Waals surface area contributed by atoms with Crippen molar-refractivity contribution < 1.29 is 9.18 Å². The zero-order chi connectivity index (χ0) is 17.4. The number of carbonyl (C=O) groups excluding carboxylic acids is 1. The standard InChI is InChI=1S/C17H20ClFN4O/c1-11-16-20-15(17(24)21(2)3)10-23(16)7-6-22(11)9-12-4-5-13(18)14(19)8-12/h4-5,8,10-11H,6-7,9H2,1-3H3. The molecule has 0 fully saturated rings. The minimum atomic E-state index is -0.404. The molecule has 1 amide bonds. The fraction of sp³-hybridized carbons (Fsp3) is 0.412. The number of hydrogen-bond donors (Lipinski definition) is 0. The molecule has 0 saturated carbocycles. The van der Waals surface area contributed by atoms with E-state index >= 15 is 0 Å². The monoisotopic (exact) mass is 350 g/mol. The summed E-state index contributed by atoms with van der Waals surface area (Å²) in [4.78, 5) is 20.3. The smallest absolute Gasteiger partial charge is 0.273 e. The molecule has 1 aliphatic heterocycles. The molecule has 0 N–H and O–H groups in total. The summed E-state index contributed by atoms with van der Waals surface area (Å²) in [7, 11) is 3.43. The summed E-state index contributed by atoms with van der Waals surface area (Å²) in [6.45, 7) is 4.22. The number of carbonyl (C=O) groups is 1. The van der Waals surface area contributed by atoms with Gasteiger partial charge >= 0.3 is 0 Å². The topological polar surface area (TPSA) is 41.4 Å². The van der Waals surface area contributed by atoms with E-state index < -0.39 is 5.82 Å². The van der Waals surface area contributed by atoms with E-state index in [1.807, 2.05) is 23.8 Å². The van der Waals surface area contributed by atoms with Crippen molar-refractivity contribution in [3.05, 3.63) is 52.3 Å². The first kappa shape index (κ1) is 16.9. The Hall–Kier alpha value is -1.92. The lowest BCUT2D eigenvalue weighted by atomic mass is 10.1. The van der Waals surface area contributed by atoms with Gasteiger partial charge < -0.3 is 9.47 Å². The summed E-state index contributed by atoms with van der Waals surface area (Å²) in [6, 6.07) is 4.92.